The zero-order chi connectivity index (χ0) is 15.0. The lowest BCUT2D eigenvalue weighted by molar-refractivity contribution is 0.0631. The number of hydrogen-bond donors (Lipinski definition) is 2. The van der Waals surface area contributed by atoms with E-state index in [2.05, 4.69) is 11.9 Å². The Hall–Kier alpha value is -1.97. The van der Waals surface area contributed by atoms with Gasteiger partial charge in [0, 0.05) is 35.9 Å². The highest BCUT2D eigenvalue weighted by Crippen LogP contribution is 2.29. The van der Waals surface area contributed by atoms with E-state index < -0.39 is 0 Å². The van der Waals surface area contributed by atoms with Crippen molar-refractivity contribution in [3.8, 4) is 0 Å². The second kappa shape index (κ2) is 5.43. The number of H-pyrrole nitrogens is 1. The minimum Gasteiger partial charge on any atom is -0.399 e. The first-order valence-corrected chi connectivity index (χ1v) is 7.71. The lowest BCUT2D eigenvalue weighted by Crippen LogP contribution is -2.42. The molecule has 0 bridgehead atoms. The van der Waals surface area contributed by atoms with Crippen LogP contribution in [0.25, 0.3) is 10.9 Å². The van der Waals surface area contributed by atoms with E-state index in [4.69, 9.17) is 5.73 Å². The molecule has 4 heteroatoms. The van der Waals surface area contributed by atoms with Crippen LogP contribution < -0.4 is 5.73 Å². The summed E-state index contributed by atoms with van der Waals surface area (Å²) >= 11 is 0. The molecule has 0 aliphatic heterocycles. The van der Waals surface area contributed by atoms with Crippen LogP contribution in [0.3, 0.4) is 0 Å². The smallest absolute Gasteiger partial charge is 0.256 e. The number of aromatic amines is 1. The molecular formula is C17H23N3O. The van der Waals surface area contributed by atoms with Crippen LogP contribution in [0.4, 0.5) is 5.69 Å². The lowest BCUT2D eigenvalue weighted by Gasteiger charge is -2.36. The summed E-state index contributed by atoms with van der Waals surface area (Å²) in [6, 6.07) is 5.99. The van der Waals surface area contributed by atoms with Crippen LogP contribution in [0.5, 0.6) is 0 Å². The van der Waals surface area contributed by atoms with Gasteiger partial charge in [0.15, 0.2) is 0 Å². The SMILES string of the molecule is CC1CCCCC1N(C)C(=O)c1c[nH]c2cc(N)ccc12. The van der Waals surface area contributed by atoms with Gasteiger partial charge in [-0.15, -0.1) is 0 Å². The molecule has 4 nitrogen and oxygen atoms in total. The minimum absolute atomic E-state index is 0.102. The van der Waals surface area contributed by atoms with Crippen LogP contribution in [0.2, 0.25) is 0 Å². The van der Waals surface area contributed by atoms with Gasteiger partial charge in [0.1, 0.15) is 0 Å². The molecule has 1 fully saturated rings. The van der Waals surface area contributed by atoms with E-state index in [1.54, 1.807) is 6.20 Å². The number of nitrogen functional groups attached to an aromatic ring is 1. The summed E-state index contributed by atoms with van der Waals surface area (Å²) in [5, 5.41) is 0.949. The molecule has 0 saturated heterocycles. The number of nitrogens with one attached hydrogen (secondary N) is 1. The molecule has 0 radical (unpaired) electrons. The summed E-state index contributed by atoms with van der Waals surface area (Å²) < 4.78 is 0. The summed E-state index contributed by atoms with van der Waals surface area (Å²) in [5.41, 5.74) is 8.16. The average molecular weight is 285 g/mol. The maximum Gasteiger partial charge on any atom is 0.256 e. The lowest BCUT2D eigenvalue weighted by atomic mass is 9.85. The Morgan fingerprint density at radius 2 is 2.10 bits per heavy atom. The molecular weight excluding hydrogens is 262 g/mol. The molecule has 21 heavy (non-hydrogen) atoms. The monoisotopic (exact) mass is 285 g/mol. The molecule has 3 rings (SSSR count). The molecule has 1 heterocycles. The molecule has 1 aliphatic carbocycles. The van der Waals surface area contributed by atoms with Gasteiger partial charge >= 0.3 is 0 Å². The summed E-state index contributed by atoms with van der Waals surface area (Å²) in [6.07, 6.45) is 6.63. The summed E-state index contributed by atoms with van der Waals surface area (Å²) in [7, 11) is 1.94. The number of rotatable bonds is 2. The predicted octanol–water partition coefficient (Wildman–Crippen LogP) is 3.40. The van der Waals surface area contributed by atoms with Gasteiger partial charge in [0.25, 0.3) is 5.91 Å². The largest absolute Gasteiger partial charge is 0.399 e. The molecule has 1 saturated carbocycles. The minimum atomic E-state index is 0.102. The standard InChI is InChI=1S/C17H23N3O/c1-11-5-3-4-6-16(11)20(2)17(21)14-10-19-15-9-12(18)7-8-13(14)15/h7-11,16,19H,3-6,18H2,1-2H3. The van der Waals surface area contributed by atoms with Crippen LogP contribution in [-0.4, -0.2) is 28.9 Å². The van der Waals surface area contributed by atoms with Crippen LogP contribution in [0.1, 0.15) is 43.0 Å². The third kappa shape index (κ3) is 2.50. The zero-order valence-corrected chi connectivity index (χ0v) is 12.7. The first kappa shape index (κ1) is 14.0. The Morgan fingerprint density at radius 1 is 1.33 bits per heavy atom. The fourth-order valence-corrected chi connectivity index (χ4v) is 3.53. The van der Waals surface area contributed by atoms with Gasteiger partial charge in [-0.1, -0.05) is 19.8 Å². The Balaban J connectivity index is 1.89. The van der Waals surface area contributed by atoms with Crippen molar-refractivity contribution in [2.75, 3.05) is 12.8 Å². The Labute approximate surface area is 125 Å². The third-order valence-electron chi connectivity index (χ3n) is 4.82. The number of hydrogen-bond acceptors (Lipinski definition) is 2. The van der Waals surface area contributed by atoms with E-state index in [0.717, 1.165) is 22.9 Å². The number of benzene rings is 1. The van der Waals surface area contributed by atoms with Gasteiger partial charge in [-0.05, 0) is 37.0 Å². The fourth-order valence-electron chi connectivity index (χ4n) is 3.53. The summed E-state index contributed by atoms with van der Waals surface area (Å²) in [5.74, 6) is 0.679. The van der Waals surface area contributed by atoms with Crippen molar-refractivity contribution >= 4 is 22.5 Å². The number of fused-ring (bicyclic) bond motifs is 1. The van der Waals surface area contributed by atoms with Crippen molar-refractivity contribution < 1.29 is 4.79 Å². The number of nitrogens with zero attached hydrogens (tertiary/aromatic N) is 1. The highest BCUT2D eigenvalue weighted by Gasteiger charge is 2.29. The van der Waals surface area contributed by atoms with E-state index in [1.165, 1.54) is 19.3 Å². The second-order valence-corrected chi connectivity index (χ2v) is 6.25. The van der Waals surface area contributed by atoms with Gasteiger partial charge in [-0.3, -0.25) is 4.79 Å². The van der Waals surface area contributed by atoms with Crippen molar-refractivity contribution in [3.63, 3.8) is 0 Å². The second-order valence-electron chi connectivity index (χ2n) is 6.25. The molecule has 1 aromatic carbocycles. The van der Waals surface area contributed by atoms with Crippen LogP contribution in [-0.2, 0) is 0 Å². The highest BCUT2D eigenvalue weighted by molar-refractivity contribution is 6.07. The van der Waals surface area contributed by atoms with Gasteiger partial charge < -0.3 is 15.6 Å². The molecule has 3 N–H and O–H groups in total. The number of aromatic nitrogens is 1. The van der Waals surface area contributed by atoms with E-state index >= 15 is 0 Å². The molecule has 0 spiro atoms. The Kier molecular flexibility index (Phi) is 3.62. The number of amides is 1. The maximum atomic E-state index is 12.8. The number of anilines is 1. The summed E-state index contributed by atoms with van der Waals surface area (Å²) in [4.78, 5) is 17.9. The number of carbonyl (C=O) groups is 1. The molecule has 1 aliphatic rings. The molecule has 1 aromatic heterocycles. The van der Waals surface area contributed by atoms with Crippen molar-refractivity contribution in [2.45, 2.75) is 38.6 Å². The molecule has 112 valence electrons. The predicted molar refractivity (Wildman–Crippen MR) is 86.2 cm³/mol. The van der Waals surface area contributed by atoms with E-state index in [-0.39, 0.29) is 5.91 Å². The van der Waals surface area contributed by atoms with Gasteiger partial charge in [0.2, 0.25) is 0 Å². The zero-order valence-electron chi connectivity index (χ0n) is 12.7. The molecule has 2 aromatic rings. The topological polar surface area (TPSA) is 62.1 Å². The molecule has 1 amide bonds. The average Bonchev–Trinajstić information content (AvgIpc) is 2.89. The van der Waals surface area contributed by atoms with Crippen molar-refractivity contribution in [2.24, 2.45) is 5.92 Å². The highest BCUT2D eigenvalue weighted by atomic mass is 16.2. The first-order chi connectivity index (χ1) is 10.1. The van der Waals surface area contributed by atoms with Gasteiger partial charge in [-0.25, -0.2) is 0 Å². The maximum absolute atomic E-state index is 12.8. The van der Waals surface area contributed by atoms with Gasteiger partial charge in [-0.2, -0.15) is 0 Å². The number of carbonyl (C=O) groups excluding carboxylic acids is 1. The van der Waals surface area contributed by atoms with Crippen LogP contribution in [0.15, 0.2) is 24.4 Å². The Bertz CT molecular complexity index is 661. The number of nitrogens with two attached hydrogens (primary N) is 1. The molecule has 2 unspecified atom stereocenters. The van der Waals surface area contributed by atoms with E-state index in [0.29, 0.717) is 17.6 Å². The quantitative estimate of drug-likeness (QED) is 0.831. The van der Waals surface area contributed by atoms with Crippen molar-refractivity contribution in [3.05, 3.63) is 30.0 Å². The fraction of sp³-hybridized carbons (Fsp3) is 0.471. The normalized spacial score (nSPS) is 22.4. The van der Waals surface area contributed by atoms with Gasteiger partial charge in [0.05, 0.1) is 5.56 Å². The van der Waals surface area contributed by atoms with Crippen molar-refractivity contribution in [1.29, 1.82) is 0 Å². The van der Waals surface area contributed by atoms with Crippen molar-refractivity contribution in [1.82, 2.24) is 9.88 Å². The van der Waals surface area contributed by atoms with E-state index in [9.17, 15) is 4.79 Å². The third-order valence-corrected chi connectivity index (χ3v) is 4.82. The molecule has 2 atom stereocenters. The van der Waals surface area contributed by atoms with Crippen LogP contribution >= 0.6 is 0 Å². The Morgan fingerprint density at radius 3 is 2.86 bits per heavy atom. The first-order valence-electron chi connectivity index (χ1n) is 7.71. The van der Waals surface area contributed by atoms with Crippen LogP contribution in [0, 0.1) is 5.92 Å². The summed E-state index contributed by atoms with van der Waals surface area (Å²) in [6.45, 7) is 2.25. The van der Waals surface area contributed by atoms with E-state index in [1.807, 2.05) is 30.1 Å².